The fourth-order valence-corrected chi connectivity index (χ4v) is 1.75. The van der Waals surface area contributed by atoms with Crippen molar-refractivity contribution < 1.29 is 21.6 Å². The van der Waals surface area contributed by atoms with E-state index in [9.17, 15) is 21.6 Å². The second kappa shape index (κ2) is 4.82. The van der Waals surface area contributed by atoms with Crippen molar-refractivity contribution in [2.24, 2.45) is 0 Å². The van der Waals surface area contributed by atoms with Crippen molar-refractivity contribution in [3.8, 4) is 0 Å². The van der Waals surface area contributed by atoms with Gasteiger partial charge in [-0.1, -0.05) is 18.2 Å². The maximum absolute atomic E-state index is 11.7. The van der Waals surface area contributed by atoms with Crippen molar-refractivity contribution in [1.29, 1.82) is 0 Å². The Kier molecular flexibility index (Phi) is 4.57. The Morgan fingerprint density at radius 3 is 1.93 bits per heavy atom. The van der Waals surface area contributed by atoms with Gasteiger partial charge in [0.1, 0.15) is 0 Å². The SMILES string of the molecule is Cl.O=S(=O)(NC(F)(F)F)c1ccccc1. The average molecular weight is 262 g/mol. The molecule has 0 amide bonds. The molecule has 1 rings (SSSR count). The van der Waals surface area contributed by atoms with Crippen LogP contribution in [0.5, 0.6) is 0 Å². The number of rotatable bonds is 2. The summed E-state index contributed by atoms with van der Waals surface area (Å²) in [5.41, 5.74) is 0. The Balaban J connectivity index is 0.00000196. The van der Waals surface area contributed by atoms with Crippen LogP contribution in [0.15, 0.2) is 35.2 Å². The molecule has 8 heteroatoms. The second-order valence-electron chi connectivity index (χ2n) is 2.42. The molecule has 0 aromatic heterocycles. The van der Waals surface area contributed by atoms with Crippen LogP contribution >= 0.6 is 12.4 Å². The normalized spacial score (nSPS) is 11.9. The lowest BCUT2D eigenvalue weighted by atomic mass is 10.4. The molecule has 0 aliphatic rings. The molecule has 1 aromatic carbocycles. The molecule has 86 valence electrons. The van der Waals surface area contributed by atoms with E-state index in [0.29, 0.717) is 4.72 Å². The van der Waals surface area contributed by atoms with Crippen molar-refractivity contribution >= 4 is 22.4 Å². The lowest BCUT2D eigenvalue weighted by Crippen LogP contribution is -2.37. The molecule has 0 saturated carbocycles. The van der Waals surface area contributed by atoms with Crippen molar-refractivity contribution in [3.05, 3.63) is 30.3 Å². The molecule has 0 unspecified atom stereocenters. The molecule has 0 aliphatic carbocycles. The third kappa shape index (κ3) is 4.50. The lowest BCUT2D eigenvalue weighted by molar-refractivity contribution is -0.138. The first kappa shape index (κ1) is 14.2. The zero-order chi connectivity index (χ0) is 10.8. The van der Waals surface area contributed by atoms with Gasteiger partial charge in [-0.2, -0.15) is 13.2 Å². The zero-order valence-corrected chi connectivity index (χ0v) is 8.79. The van der Waals surface area contributed by atoms with E-state index in [0.717, 1.165) is 12.1 Å². The number of halogens is 4. The Morgan fingerprint density at radius 2 is 1.53 bits per heavy atom. The van der Waals surface area contributed by atoms with Crippen LogP contribution in [0.25, 0.3) is 0 Å². The quantitative estimate of drug-likeness (QED) is 0.827. The summed E-state index contributed by atoms with van der Waals surface area (Å²) in [6.45, 7) is 0. The van der Waals surface area contributed by atoms with E-state index >= 15 is 0 Å². The minimum atomic E-state index is -4.95. The fourth-order valence-electron chi connectivity index (χ4n) is 0.811. The molecule has 0 radical (unpaired) electrons. The number of nitrogens with one attached hydrogen (secondary N) is 1. The van der Waals surface area contributed by atoms with Gasteiger partial charge in [-0.15, -0.1) is 17.1 Å². The first-order chi connectivity index (χ1) is 6.31. The molecule has 0 spiro atoms. The Bertz CT molecular complexity index is 404. The van der Waals surface area contributed by atoms with Gasteiger partial charge in [0, 0.05) is 0 Å². The Morgan fingerprint density at radius 1 is 1.07 bits per heavy atom. The van der Waals surface area contributed by atoms with Crippen LogP contribution in [-0.2, 0) is 10.0 Å². The lowest BCUT2D eigenvalue weighted by Gasteiger charge is -2.08. The summed E-state index contributed by atoms with van der Waals surface area (Å²) < 4.78 is 57.9. The summed E-state index contributed by atoms with van der Waals surface area (Å²) in [6, 6.07) is 6.34. The summed E-state index contributed by atoms with van der Waals surface area (Å²) >= 11 is 0. The van der Waals surface area contributed by atoms with Crippen LogP contribution in [0.4, 0.5) is 13.2 Å². The molecule has 1 aromatic rings. The summed E-state index contributed by atoms with van der Waals surface area (Å²) in [6.07, 6.45) is -4.95. The Hall–Kier alpha value is -0.790. The van der Waals surface area contributed by atoms with E-state index in [1.54, 1.807) is 0 Å². The van der Waals surface area contributed by atoms with Gasteiger partial charge >= 0.3 is 6.30 Å². The van der Waals surface area contributed by atoms with Crippen molar-refractivity contribution in [1.82, 2.24) is 4.72 Å². The second-order valence-corrected chi connectivity index (χ2v) is 4.10. The molecular weight excluding hydrogens is 255 g/mol. The highest BCUT2D eigenvalue weighted by Crippen LogP contribution is 2.16. The number of hydrogen-bond donors (Lipinski definition) is 1. The van der Waals surface area contributed by atoms with Crippen LogP contribution in [-0.4, -0.2) is 14.7 Å². The van der Waals surface area contributed by atoms with Gasteiger partial charge in [-0.3, -0.25) is 0 Å². The topological polar surface area (TPSA) is 46.2 Å². The highest BCUT2D eigenvalue weighted by atomic mass is 35.5. The maximum atomic E-state index is 11.7. The van der Waals surface area contributed by atoms with Gasteiger partial charge < -0.3 is 0 Å². The summed E-state index contributed by atoms with van der Waals surface area (Å²) in [7, 11) is -4.49. The van der Waals surface area contributed by atoms with Gasteiger partial charge in [0.2, 0.25) is 10.0 Å². The van der Waals surface area contributed by atoms with E-state index < -0.39 is 21.2 Å². The fraction of sp³-hybridized carbons (Fsp3) is 0.143. The van der Waals surface area contributed by atoms with Crippen molar-refractivity contribution in [2.45, 2.75) is 11.2 Å². The highest BCUT2D eigenvalue weighted by molar-refractivity contribution is 7.89. The molecule has 0 heterocycles. The van der Waals surface area contributed by atoms with Crippen molar-refractivity contribution in [3.63, 3.8) is 0 Å². The molecule has 0 atom stereocenters. The average Bonchev–Trinajstić information content (AvgIpc) is 2.01. The van der Waals surface area contributed by atoms with Gasteiger partial charge in [0.25, 0.3) is 0 Å². The molecule has 1 N–H and O–H groups in total. The van der Waals surface area contributed by atoms with Gasteiger partial charge in [-0.05, 0) is 12.1 Å². The molecule has 3 nitrogen and oxygen atoms in total. The minimum absolute atomic E-state index is 0. The van der Waals surface area contributed by atoms with Crippen molar-refractivity contribution in [2.75, 3.05) is 0 Å². The molecule has 0 fully saturated rings. The monoisotopic (exact) mass is 261 g/mol. The van der Waals surface area contributed by atoms with Gasteiger partial charge in [-0.25, -0.2) is 8.42 Å². The highest BCUT2D eigenvalue weighted by Gasteiger charge is 2.34. The number of hydrogen-bond acceptors (Lipinski definition) is 2. The molecule has 15 heavy (non-hydrogen) atoms. The zero-order valence-electron chi connectivity index (χ0n) is 7.15. The first-order valence-electron chi connectivity index (χ1n) is 3.47. The summed E-state index contributed by atoms with van der Waals surface area (Å²) in [5, 5.41) is 0. The number of sulfonamides is 1. The van der Waals surface area contributed by atoms with Crippen LogP contribution < -0.4 is 4.72 Å². The number of benzene rings is 1. The van der Waals surface area contributed by atoms with Crippen LogP contribution in [0, 0.1) is 0 Å². The van der Waals surface area contributed by atoms with E-state index in [2.05, 4.69) is 0 Å². The smallest absolute Gasteiger partial charge is 0.207 e. The largest absolute Gasteiger partial charge is 0.470 e. The maximum Gasteiger partial charge on any atom is 0.470 e. The minimum Gasteiger partial charge on any atom is -0.207 e. The predicted octanol–water partition coefficient (Wildman–Crippen LogP) is 1.91. The molecule has 0 saturated heterocycles. The Labute approximate surface area is 90.8 Å². The van der Waals surface area contributed by atoms with Crippen LogP contribution in [0.3, 0.4) is 0 Å². The van der Waals surface area contributed by atoms with E-state index in [1.807, 2.05) is 0 Å². The van der Waals surface area contributed by atoms with Gasteiger partial charge in [0.15, 0.2) is 0 Å². The van der Waals surface area contributed by atoms with E-state index in [-0.39, 0.29) is 12.4 Å². The van der Waals surface area contributed by atoms with Crippen LogP contribution in [0.2, 0.25) is 0 Å². The molecule has 0 aliphatic heterocycles. The van der Waals surface area contributed by atoms with Crippen LogP contribution in [0.1, 0.15) is 0 Å². The summed E-state index contributed by atoms with van der Waals surface area (Å²) in [5.74, 6) is 0. The van der Waals surface area contributed by atoms with Gasteiger partial charge in [0.05, 0.1) is 4.90 Å². The third-order valence-electron chi connectivity index (χ3n) is 1.30. The van der Waals surface area contributed by atoms with E-state index in [1.165, 1.54) is 18.2 Å². The standard InChI is InChI=1S/C7H6F3NO2S.ClH/c8-7(9,10)11-14(12,13)6-4-2-1-3-5-6;/h1-5,11H;1H. The first-order valence-corrected chi connectivity index (χ1v) is 4.95. The molecular formula is C7H7ClF3NO2S. The summed E-state index contributed by atoms with van der Waals surface area (Å²) in [4.78, 5) is -0.419. The molecule has 0 bridgehead atoms. The number of alkyl halides is 3. The third-order valence-corrected chi connectivity index (χ3v) is 2.70. The predicted molar refractivity (Wildman–Crippen MR) is 50.1 cm³/mol. The van der Waals surface area contributed by atoms with E-state index in [4.69, 9.17) is 0 Å².